The Morgan fingerprint density at radius 2 is 1.78 bits per heavy atom. The third-order valence-electron chi connectivity index (χ3n) is 3.95. The number of carbonyl (C=O) groups is 1. The van der Waals surface area contributed by atoms with Crippen LogP contribution in [0.3, 0.4) is 0 Å². The molecule has 0 aliphatic carbocycles. The number of rotatable bonds is 6. The summed E-state index contributed by atoms with van der Waals surface area (Å²) in [5, 5.41) is 0. The maximum Gasteiger partial charge on any atom is 0.266 e. The number of hydrogen-bond donors (Lipinski definition) is 2. The fraction of sp³-hybridized carbons (Fsp3) is 0.105. The molecule has 1 atom stereocenters. The number of primary amides is 1. The Balaban J connectivity index is 2.11. The number of anilines is 2. The molecule has 0 aliphatic rings. The summed E-state index contributed by atoms with van der Waals surface area (Å²) in [6, 6.07) is 16.1. The zero-order valence-corrected chi connectivity index (χ0v) is 16.3. The van der Waals surface area contributed by atoms with E-state index in [2.05, 4.69) is 0 Å². The minimum absolute atomic E-state index is 0.212. The van der Waals surface area contributed by atoms with Gasteiger partial charge < -0.3 is 10.5 Å². The largest absolute Gasteiger partial charge is 0.497 e. The van der Waals surface area contributed by atoms with Crippen molar-refractivity contribution in [1.29, 1.82) is 0 Å². The zero-order chi connectivity index (χ0) is 19.6. The Labute approximate surface area is 163 Å². The van der Waals surface area contributed by atoms with Crippen molar-refractivity contribution in [3.63, 3.8) is 0 Å². The summed E-state index contributed by atoms with van der Waals surface area (Å²) in [4.78, 5) is 13.0. The predicted octanol–water partition coefficient (Wildman–Crippen LogP) is 4.11. The molecule has 0 saturated heterocycles. The Hall–Kier alpha value is -2.68. The van der Waals surface area contributed by atoms with E-state index in [0.717, 1.165) is 16.0 Å². The van der Waals surface area contributed by atoms with Gasteiger partial charge in [-0.15, -0.1) is 11.3 Å². The van der Waals surface area contributed by atoms with E-state index in [1.807, 2.05) is 31.2 Å². The van der Waals surface area contributed by atoms with Crippen LogP contribution in [0.15, 0.2) is 54.6 Å². The fourth-order valence-electron chi connectivity index (χ4n) is 2.60. The third-order valence-corrected chi connectivity index (χ3v) is 5.86. The summed E-state index contributed by atoms with van der Waals surface area (Å²) in [5.41, 5.74) is 8.18. The van der Waals surface area contributed by atoms with E-state index in [4.69, 9.17) is 10.5 Å². The van der Waals surface area contributed by atoms with Gasteiger partial charge in [0.15, 0.2) is 0 Å². The molecule has 1 unspecified atom stereocenters. The highest BCUT2D eigenvalue weighted by atomic mass is 32.2. The minimum Gasteiger partial charge on any atom is -0.497 e. The van der Waals surface area contributed by atoms with Crippen molar-refractivity contribution in [3.8, 4) is 16.2 Å². The van der Waals surface area contributed by atoms with Crippen LogP contribution in [0.1, 0.15) is 15.2 Å². The van der Waals surface area contributed by atoms with Crippen molar-refractivity contribution in [2.45, 2.75) is 6.92 Å². The van der Waals surface area contributed by atoms with E-state index in [1.165, 1.54) is 15.6 Å². The molecule has 0 fully saturated rings. The molecule has 0 bridgehead atoms. The van der Waals surface area contributed by atoms with E-state index in [0.29, 0.717) is 17.1 Å². The Morgan fingerprint density at radius 3 is 2.30 bits per heavy atom. The molecule has 3 rings (SSSR count). The predicted molar refractivity (Wildman–Crippen MR) is 109 cm³/mol. The third kappa shape index (κ3) is 4.02. The molecule has 0 aliphatic heterocycles. The van der Waals surface area contributed by atoms with Crippen LogP contribution >= 0.6 is 11.3 Å². The van der Waals surface area contributed by atoms with E-state index in [-0.39, 0.29) is 4.88 Å². The van der Waals surface area contributed by atoms with Crippen LogP contribution in [0.5, 0.6) is 5.75 Å². The van der Waals surface area contributed by atoms with Crippen molar-refractivity contribution in [3.05, 3.63) is 65.0 Å². The lowest BCUT2D eigenvalue weighted by Crippen LogP contribution is -2.22. The molecule has 3 aromatic rings. The first-order chi connectivity index (χ1) is 12.9. The highest BCUT2D eigenvalue weighted by molar-refractivity contribution is 7.81. The van der Waals surface area contributed by atoms with Gasteiger partial charge in [-0.2, -0.15) is 0 Å². The van der Waals surface area contributed by atoms with E-state index < -0.39 is 17.2 Å². The highest BCUT2D eigenvalue weighted by Crippen LogP contribution is 2.40. The summed E-state index contributed by atoms with van der Waals surface area (Å²) >= 11 is -1.20. The van der Waals surface area contributed by atoms with Gasteiger partial charge in [0, 0.05) is 4.88 Å². The number of hydrogen-bond acceptors (Lipinski definition) is 4. The van der Waals surface area contributed by atoms with Gasteiger partial charge in [-0.25, -0.2) is 8.51 Å². The smallest absolute Gasteiger partial charge is 0.266 e. The number of nitrogens with two attached hydrogens (primary N) is 1. The first-order valence-corrected chi connectivity index (χ1v) is 9.84. The maximum atomic E-state index is 12.1. The number of nitrogens with zero attached hydrogens (tertiary/aromatic N) is 1. The molecule has 1 heterocycles. The van der Waals surface area contributed by atoms with Gasteiger partial charge in [0.2, 0.25) is 0 Å². The van der Waals surface area contributed by atoms with Crippen LogP contribution in [-0.4, -0.2) is 21.8 Å². The van der Waals surface area contributed by atoms with Crippen molar-refractivity contribution in [2.75, 3.05) is 11.4 Å². The number of thiophene rings is 1. The van der Waals surface area contributed by atoms with Gasteiger partial charge in [-0.3, -0.25) is 9.35 Å². The Bertz CT molecular complexity index is 982. The van der Waals surface area contributed by atoms with Crippen LogP contribution in [0.4, 0.5) is 11.4 Å². The van der Waals surface area contributed by atoms with Gasteiger partial charge in [0.05, 0.1) is 18.5 Å². The van der Waals surface area contributed by atoms with Crippen LogP contribution in [0, 0.1) is 6.92 Å². The molecule has 0 radical (unpaired) electrons. The fourth-order valence-corrected chi connectivity index (χ4v) is 4.27. The number of aryl methyl sites for hydroxylation is 1. The molecular formula is C19H18N2O4S2. The average molecular weight is 402 g/mol. The monoisotopic (exact) mass is 402 g/mol. The normalized spacial score (nSPS) is 11.8. The summed E-state index contributed by atoms with van der Waals surface area (Å²) in [5.74, 6) is 0.0562. The lowest BCUT2D eigenvalue weighted by atomic mass is 10.1. The first kappa shape index (κ1) is 19.1. The zero-order valence-electron chi connectivity index (χ0n) is 14.7. The first-order valence-electron chi connectivity index (χ1n) is 7.96. The molecule has 6 nitrogen and oxygen atoms in total. The second-order valence-electron chi connectivity index (χ2n) is 5.78. The average Bonchev–Trinajstić information content (AvgIpc) is 3.08. The number of ether oxygens (including phenoxy) is 1. The summed E-state index contributed by atoms with van der Waals surface area (Å²) in [6.45, 7) is 1.92. The molecule has 140 valence electrons. The standard InChI is InChI=1S/C19H18N2O4S2/c1-12-3-7-14(8-4-12)21(27(23)24)16-11-17(26-18(16)19(20)22)13-5-9-15(25-2)10-6-13/h3-11H,1-2H3,(H2,20,22)(H,23,24). The minimum atomic E-state index is -2.37. The van der Waals surface area contributed by atoms with Gasteiger partial charge in [0.25, 0.3) is 17.2 Å². The van der Waals surface area contributed by atoms with Crippen molar-refractivity contribution < 1.29 is 18.3 Å². The van der Waals surface area contributed by atoms with Crippen molar-refractivity contribution >= 4 is 39.9 Å². The topological polar surface area (TPSA) is 92.9 Å². The van der Waals surface area contributed by atoms with E-state index in [9.17, 15) is 13.6 Å². The summed E-state index contributed by atoms with van der Waals surface area (Å²) in [7, 11) is 1.58. The quantitative estimate of drug-likeness (QED) is 0.607. The van der Waals surface area contributed by atoms with E-state index >= 15 is 0 Å². The van der Waals surface area contributed by atoms with Crippen LogP contribution < -0.4 is 14.8 Å². The lowest BCUT2D eigenvalue weighted by molar-refractivity contribution is 0.100. The van der Waals surface area contributed by atoms with Crippen LogP contribution in [-0.2, 0) is 11.3 Å². The Kier molecular flexibility index (Phi) is 5.59. The highest BCUT2D eigenvalue weighted by Gasteiger charge is 2.24. The second-order valence-corrected chi connectivity index (χ2v) is 7.66. The van der Waals surface area contributed by atoms with Crippen LogP contribution in [0.2, 0.25) is 0 Å². The molecule has 1 amide bonds. The van der Waals surface area contributed by atoms with Gasteiger partial charge in [-0.05, 0) is 55.0 Å². The summed E-state index contributed by atoms with van der Waals surface area (Å²) < 4.78 is 28.3. The Morgan fingerprint density at radius 1 is 1.15 bits per heavy atom. The lowest BCUT2D eigenvalue weighted by Gasteiger charge is -2.19. The van der Waals surface area contributed by atoms with Crippen LogP contribution in [0.25, 0.3) is 10.4 Å². The number of carbonyl (C=O) groups excluding carboxylic acids is 1. The molecule has 8 heteroatoms. The molecule has 3 N–H and O–H groups in total. The molecular weight excluding hydrogens is 384 g/mol. The van der Waals surface area contributed by atoms with Crippen molar-refractivity contribution in [2.24, 2.45) is 5.73 Å². The van der Waals surface area contributed by atoms with Gasteiger partial charge in [-0.1, -0.05) is 17.7 Å². The molecule has 1 aromatic heterocycles. The van der Waals surface area contributed by atoms with Gasteiger partial charge >= 0.3 is 0 Å². The number of methoxy groups -OCH3 is 1. The maximum absolute atomic E-state index is 12.1. The van der Waals surface area contributed by atoms with E-state index in [1.54, 1.807) is 37.4 Å². The molecule has 2 aromatic carbocycles. The summed E-state index contributed by atoms with van der Waals surface area (Å²) in [6.07, 6.45) is 0. The van der Waals surface area contributed by atoms with Crippen molar-refractivity contribution in [1.82, 2.24) is 0 Å². The van der Waals surface area contributed by atoms with Gasteiger partial charge in [0.1, 0.15) is 10.6 Å². The molecule has 0 saturated carbocycles. The number of benzene rings is 2. The molecule has 27 heavy (non-hydrogen) atoms. The number of amides is 1. The second kappa shape index (κ2) is 7.91. The molecule has 0 spiro atoms. The SMILES string of the molecule is COc1ccc(-c2cc(N(c3ccc(C)cc3)S(=O)O)c(C(N)=O)s2)cc1.